The second-order valence-corrected chi connectivity index (χ2v) is 4.69. The molecule has 0 bridgehead atoms. The number of aliphatic carboxylic acids is 1. The molecule has 0 radical (unpaired) electrons. The Morgan fingerprint density at radius 3 is 2.82 bits per heavy atom. The highest BCUT2D eigenvalue weighted by atomic mass is 79.9. The van der Waals surface area contributed by atoms with Crippen LogP contribution in [0.3, 0.4) is 0 Å². The Bertz CT molecular complexity index is 488. The summed E-state index contributed by atoms with van der Waals surface area (Å²) in [7, 11) is 0. The molecule has 0 saturated carbocycles. The molecule has 2 N–H and O–H groups in total. The van der Waals surface area contributed by atoms with Gasteiger partial charge in [-0.05, 0) is 17.7 Å². The fourth-order valence-corrected chi connectivity index (χ4v) is 2.22. The summed E-state index contributed by atoms with van der Waals surface area (Å²) >= 11 is 3.26. The largest absolute Gasteiger partial charge is 0.480 e. The van der Waals surface area contributed by atoms with Crippen LogP contribution in [0.5, 0.6) is 0 Å². The fourth-order valence-electron chi connectivity index (χ4n) is 1.86. The van der Waals surface area contributed by atoms with Gasteiger partial charge in [-0.15, -0.1) is 0 Å². The number of amides is 1. The molecule has 1 heterocycles. The molecule has 1 aliphatic rings. The van der Waals surface area contributed by atoms with E-state index in [2.05, 4.69) is 15.9 Å². The van der Waals surface area contributed by atoms with Crippen molar-refractivity contribution in [3.05, 3.63) is 33.8 Å². The van der Waals surface area contributed by atoms with Gasteiger partial charge in [0, 0.05) is 16.6 Å². The molecule has 1 aromatic rings. The van der Waals surface area contributed by atoms with Gasteiger partial charge in [-0.1, -0.05) is 22.0 Å². The van der Waals surface area contributed by atoms with E-state index in [1.807, 2.05) is 0 Å². The number of aliphatic hydroxyl groups excluding tert-OH is 1. The molecule has 0 saturated heterocycles. The normalized spacial score (nSPS) is 15.9. The lowest BCUT2D eigenvalue weighted by Crippen LogP contribution is -2.43. The predicted molar refractivity (Wildman–Crippen MR) is 62.5 cm³/mol. The minimum Gasteiger partial charge on any atom is -0.480 e. The number of aliphatic hydroxyl groups is 1. The van der Waals surface area contributed by atoms with Crippen LogP contribution < -0.4 is 0 Å². The predicted octanol–water partition coefficient (Wildman–Crippen LogP) is 0.850. The maximum atomic E-state index is 12.0. The number of carboxylic acids is 1. The highest BCUT2D eigenvalue weighted by Crippen LogP contribution is 2.27. The van der Waals surface area contributed by atoms with E-state index in [1.165, 1.54) is 4.90 Å². The summed E-state index contributed by atoms with van der Waals surface area (Å²) in [5.41, 5.74) is 1.26. The third-order valence-electron chi connectivity index (χ3n) is 2.74. The molecule has 0 aromatic heterocycles. The van der Waals surface area contributed by atoms with Crippen LogP contribution in [0.4, 0.5) is 0 Å². The van der Waals surface area contributed by atoms with E-state index >= 15 is 0 Å². The molecular formula is C11H10BrNO4. The highest BCUT2D eigenvalue weighted by Gasteiger charge is 2.35. The average molecular weight is 300 g/mol. The monoisotopic (exact) mass is 299 g/mol. The zero-order valence-corrected chi connectivity index (χ0v) is 10.3. The van der Waals surface area contributed by atoms with E-state index in [0.29, 0.717) is 5.56 Å². The third kappa shape index (κ3) is 2.05. The molecule has 1 aliphatic heterocycles. The van der Waals surface area contributed by atoms with Crippen molar-refractivity contribution >= 4 is 27.8 Å². The van der Waals surface area contributed by atoms with Crippen molar-refractivity contribution in [3.63, 3.8) is 0 Å². The van der Waals surface area contributed by atoms with E-state index in [-0.39, 0.29) is 12.5 Å². The van der Waals surface area contributed by atoms with Gasteiger partial charge in [0.1, 0.15) is 0 Å². The SMILES string of the molecule is O=C(O)[C@H](CO)N1Cc2ccc(Br)cc2C1=O. The van der Waals surface area contributed by atoms with Gasteiger partial charge in [0.05, 0.1) is 6.61 Å². The Balaban J connectivity index is 2.34. The highest BCUT2D eigenvalue weighted by molar-refractivity contribution is 9.10. The van der Waals surface area contributed by atoms with E-state index in [9.17, 15) is 9.59 Å². The standard InChI is InChI=1S/C11H10BrNO4/c12-7-2-1-6-4-13(9(5-14)11(16)17)10(15)8(6)3-7/h1-3,9,14H,4-5H2,(H,16,17)/t9-/m0/s1. The second-order valence-electron chi connectivity index (χ2n) is 3.77. The number of benzene rings is 1. The maximum absolute atomic E-state index is 12.0. The van der Waals surface area contributed by atoms with Crippen molar-refractivity contribution in [3.8, 4) is 0 Å². The Kier molecular flexibility index (Phi) is 3.17. The van der Waals surface area contributed by atoms with Crippen LogP contribution in [0.1, 0.15) is 15.9 Å². The van der Waals surface area contributed by atoms with Gasteiger partial charge in [0.25, 0.3) is 5.91 Å². The third-order valence-corrected chi connectivity index (χ3v) is 3.23. The number of hydrogen-bond donors (Lipinski definition) is 2. The molecule has 0 fully saturated rings. The smallest absolute Gasteiger partial charge is 0.328 e. The van der Waals surface area contributed by atoms with Crippen LogP contribution in [0.15, 0.2) is 22.7 Å². The number of carbonyl (C=O) groups excluding carboxylic acids is 1. The van der Waals surface area contributed by atoms with E-state index < -0.39 is 18.6 Å². The van der Waals surface area contributed by atoms with E-state index in [1.54, 1.807) is 18.2 Å². The van der Waals surface area contributed by atoms with Crippen molar-refractivity contribution in [1.82, 2.24) is 4.90 Å². The zero-order chi connectivity index (χ0) is 12.6. The second kappa shape index (κ2) is 4.46. The number of nitrogens with zero attached hydrogens (tertiary/aromatic N) is 1. The number of rotatable bonds is 3. The van der Waals surface area contributed by atoms with Gasteiger partial charge in [-0.2, -0.15) is 0 Å². The number of hydrogen-bond acceptors (Lipinski definition) is 3. The summed E-state index contributed by atoms with van der Waals surface area (Å²) < 4.78 is 0.766. The van der Waals surface area contributed by atoms with Gasteiger partial charge in [-0.3, -0.25) is 4.79 Å². The molecule has 2 rings (SSSR count). The summed E-state index contributed by atoms with van der Waals surface area (Å²) in [6, 6.07) is 4.04. The minimum absolute atomic E-state index is 0.221. The van der Waals surface area contributed by atoms with Gasteiger partial charge in [0.15, 0.2) is 6.04 Å². The Hall–Kier alpha value is -1.40. The Morgan fingerprint density at radius 1 is 1.53 bits per heavy atom. The first-order valence-electron chi connectivity index (χ1n) is 4.97. The number of fused-ring (bicyclic) bond motifs is 1. The van der Waals surface area contributed by atoms with Crippen LogP contribution in [0.2, 0.25) is 0 Å². The van der Waals surface area contributed by atoms with Crippen LogP contribution >= 0.6 is 15.9 Å². The summed E-state index contributed by atoms with van der Waals surface area (Å²) in [4.78, 5) is 24.1. The van der Waals surface area contributed by atoms with Crippen molar-refractivity contribution in [2.75, 3.05) is 6.61 Å². The lowest BCUT2D eigenvalue weighted by atomic mass is 10.1. The zero-order valence-electron chi connectivity index (χ0n) is 8.76. The molecule has 5 nitrogen and oxygen atoms in total. The molecule has 0 unspecified atom stereocenters. The Labute approximate surface area is 106 Å². The molecule has 1 amide bonds. The van der Waals surface area contributed by atoms with Crippen LogP contribution in [0.25, 0.3) is 0 Å². The first-order chi connectivity index (χ1) is 8.04. The fraction of sp³-hybridized carbons (Fsp3) is 0.273. The lowest BCUT2D eigenvalue weighted by Gasteiger charge is -2.21. The maximum Gasteiger partial charge on any atom is 0.328 e. The van der Waals surface area contributed by atoms with E-state index in [4.69, 9.17) is 10.2 Å². The average Bonchev–Trinajstić information content (AvgIpc) is 2.58. The quantitative estimate of drug-likeness (QED) is 0.867. The molecule has 1 atom stereocenters. The van der Waals surface area contributed by atoms with Crippen molar-refractivity contribution < 1.29 is 19.8 Å². The minimum atomic E-state index is -1.20. The van der Waals surface area contributed by atoms with Gasteiger partial charge >= 0.3 is 5.97 Å². The Morgan fingerprint density at radius 2 is 2.24 bits per heavy atom. The van der Waals surface area contributed by atoms with Crippen molar-refractivity contribution in [1.29, 1.82) is 0 Å². The molecule has 0 aliphatic carbocycles. The van der Waals surface area contributed by atoms with Crippen LogP contribution in [-0.4, -0.2) is 39.6 Å². The summed E-state index contributed by atoms with van der Waals surface area (Å²) in [5.74, 6) is -1.56. The molecule has 0 spiro atoms. The number of carbonyl (C=O) groups is 2. The molecule has 17 heavy (non-hydrogen) atoms. The first kappa shape index (κ1) is 12.1. The van der Waals surface area contributed by atoms with Crippen molar-refractivity contribution in [2.45, 2.75) is 12.6 Å². The number of carboxylic acid groups (broad SMARTS) is 1. The van der Waals surface area contributed by atoms with E-state index in [0.717, 1.165) is 10.0 Å². The molecule has 90 valence electrons. The number of halogens is 1. The molecule has 1 aromatic carbocycles. The van der Waals surface area contributed by atoms with Crippen LogP contribution in [-0.2, 0) is 11.3 Å². The summed E-state index contributed by atoms with van der Waals surface area (Å²) in [5, 5.41) is 17.9. The first-order valence-corrected chi connectivity index (χ1v) is 5.77. The topological polar surface area (TPSA) is 77.8 Å². The van der Waals surface area contributed by atoms with Crippen LogP contribution in [0, 0.1) is 0 Å². The molecular weight excluding hydrogens is 290 g/mol. The van der Waals surface area contributed by atoms with Gasteiger partial charge in [0.2, 0.25) is 0 Å². The summed E-state index contributed by atoms with van der Waals surface area (Å²) in [6.07, 6.45) is 0. The van der Waals surface area contributed by atoms with Crippen molar-refractivity contribution in [2.24, 2.45) is 0 Å². The summed E-state index contributed by atoms with van der Waals surface area (Å²) in [6.45, 7) is -0.366. The van der Waals surface area contributed by atoms with Gasteiger partial charge < -0.3 is 15.1 Å². The molecule has 6 heteroatoms. The lowest BCUT2D eigenvalue weighted by molar-refractivity contribution is -0.143. The van der Waals surface area contributed by atoms with Gasteiger partial charge in [-0.25, -0.2) is 4.79 Å².